The van der Waals surface area contributed by atoms with Crippen LogP contribution in [0.25, 0.3) is 22.2 Å². The van der Waals surface area contributed by atoms with Crippen molar-refractivity contribution in [3.05, 3.63) is 88.3 Å². The molecule has 4 aromatic rings. The van der Waals surface area contributed by atoms with E-state index in [9.17, 15) is 9.59 Å². The number of likely N-dealkylation sites (tertiary alicyclic amines) is 2. The maximum absolute atomic E-state index is 14.3. The van der Waals surface area contributed by atoms with Crippen LogP contribution >= 0.6 is 0 Å². The lowest BCUT2D eigenvalue weighted by atomic mass is 9.99. The number of rotatable bonds is 7. The second kappa shape index (κ2) is 13.2. The Morgan fingerprint density at radius 1 is 0.932 bits per heavy atom. The fourth-order valence-corrected chi connectivity index (χ4v) is 6.52. The van der Waals surface area contributed by atoms with Crippen LogP contribution in [0.3, 0.4) is 0 Å². The van der Waals surface area contributed by atoms with Crippen LogP contribution in [0.15, 0.2) is 71.7 Å². The molecule has 9 heteroatoms. The Balaban J connectivity index is 1.26. The zero-order valence-electron chi connectivity index (χ0n) is 26.0. The average molecular weight is 594 g/mol. The van der Waals surface area contributed by atoms with Crippen LogP contribution in [-0.2, 0) is 6.54 Å². The number of nitrogens with one attached hydrogen (secondary N) is 2. The van der Waals surface area contributed by atoms with Gasteiger partial charge in [0.25, 0.3) is 5.56 Å². The van der Waals surface area contributed by atoms with Gasteiger partial charge in [0, 0.05) is 68.0 Å². The van der Waals surface area contributed by atoms with Crippen LogP contribution in [0.1, 0.15) is 56.7 Å². The van der Waals surface area contributed by atoms with Crippen molar-refractivity contribution in [2.45, 2.75) is 71.1 Å². The summed E-state index contributed by atoms with van der Waals surface area (Å²) in [5.74, 6) is 0.560. The van der Waals surface area contributed by atoms with Gasteiger partial charge in [0.05, 0.1) is 0 Å². The molecule has 2 aromatic heterocycles. The van der Waals surface area contributed by atoms with Gasteiger partial charge in [-0.3, -0.25) is 14.3 Å². The second-order valence-corrected chi connectivity index (χ2v) is 12.5. The van der Waals surface area contributed by atoms with Gasteiger partial charge in [0.1, 0.15) is 5.65 Å². The number of carbonyl (C=O) groups excluding carboxylic acids is 1. The number of urea groups is 1. The monoisotopic (exact) mass is 593 g/mol. The van der Waals surface area contributed by atoms with Crippen LogP contribution < -0.4 is 16.2 Å². The Kier molecular flexibility index (Phi) is 8.93. The Bertz CT molecular complexity index is 1650. The summed E-state index contributed by atoms with van der Waals surface area (Å²) in [6, 6.07) is 20.8. The van der Waals surface area contributed by atoms with Crippen molar-refractivity contribution >= 4 is 23.0 Å². The minimum absolute atomic E-state index is 0.0456. The Morgan fingerprint density at radius 2 is 1.64 bits per heavy atom. The summed E-state index contributed by atoms with van der Waals surface area (Å²) in [5, 5.41) is 7.41. The van der Waals surface area contributed by atoms with Gasteiger partial charge in [0.2, 0.25) is 5.95 Å². The third-order valence-corrected chi connectivity index (χ3v) is 8.91. The van der Waals surface area contributed by atoms with E-state index in [0.717, 1.165) is 49.0 Å². The van der Waals surface area contributed by atoms with E-state index in [-0.39, 0.29) is 29.7 Å². The van der Waals surface area contributed by atoms with Crippen LogP contribution in [0.2, 0.25) is 0 Å². The number of hydrogen-bond donors (Lipinski definition) is 2. The molecule has 2 aromatic carbocycles. The third kappa shape index (κ3) is 6.63. The summed E-state index contributed by atoms with van der Waals surface area (Å²) >= 11 is 0. The summed E-state index contributed by atoms with van der Waals surface area (Å²) in [5.41, 5.74) is 4.57. The maximum atomic E-state index is 14.3. The van der Waals surface area contributed by atoms with Crippen molar-refractivity contribution in [3.63, 3.8) is 0 Å². The SMILES string of the molecule is Cc1ccccc1-c1cc2cnc(NC3CCN(Cc4ccccc4)CC3)nc2n(C2CCN(C(=O)NC(C)C)CC2)c1=O. The zero-order chi connectivity index (χ0) is 30.6. The van der Waals surface area contributed by atoms with Crippen molar-refractivity contribution in [1.29, 1.82) is 0 Å². The first-order valence-corrected chi connectivity index (χ1v) is 15.9. The lowest BCUT2D eigenvalue weighted by Crippen LogP contribution is -2.47. The van der Waals surface area contributed by atoms with Crippen molar-refractivity contribution in [3.8, 4) is 11.1 Å². The van der Waals surface area contributed by atoms with Crippen molar-refractivity contribution in [2.24, 2.45) is 0 Å². The molecule has 2 aliphatic heterocycles. The molecule has 0 saturated carbocycles. The molecule has 0 aliphatic carbocycles. The van der Waals surface area contributed by atoms with E-state index in [4.69, 9.17) is 9.97 Å². The van der Waals surface area contributed by atoms with Gasteiger partial charge in [-0.05, 0) is 69.2 Å². The number of aryl methyl sites for hydroxylation is 1. The molecule has 0 bridgehead atoms. The van der Waals surface area contributed by atoms with Crippen LogP contribution in [0.5, 0.6) is 0 Å². The predicted molar refractivity (Wildman–Crippen MR) is 176 cm³/mol. The lowest BCUT2D eigenvalue weighted by Gasteiger charge is -2.34. The predicted octanol–water partition coefficient (Wildman–Crippen LogP) is 5.60. The summed E-state index contributed by atoms with van der Waals surface area (Å²) in [6.45, 7) is 10.1. The molecule has 44 heavy (non-hydrogen) atoms. The number of pyridine rings is 1. The van der Waals surface area contributed by atoms with Gasteiger partial charge < -0.3 is 15.5 Å². The quantitative estimate of drug-likeness (QED) is 0.290. The van der Waals surface area contributed by atoms with Gasteiger partial charge in [-0.25, -0.2) is 9.78 Å². The van der Waals surface area contributed by atoms with E-state index in [0.29, 0.717) is 43.1 Å². The summed E-state index contributed by atoms with van der Waals surface area (Å²) in [6.07, 6.45) is 5.22. The summed E-state index contributed by atoms with van der Waals surface area (Å²) < 4.78 is 1.88. The molecule has 0 radical (unpaired) electrons. The van der Waals surface area contributed by atoms with Gasteiger partial charge in [-0.15, -0.1) is 0 Å². The van der Waals surface area contributed by atoms with Crippen molar-refractivity contribution in [2.75, 3.05) is 31.5 Å². The average Bonchev–Trinajstić information content (AvgIpc) is 3.02. The molecule has 0 unspecified atom stereocenters. The maximum Gasteiger partial charge on any atom is 0.317 e. The Hall–Kier alpha value is -4.24. The molecule has 2 aliphatic rings. The summed E-state index contributed by atoms with van der Waals surface area (Å²) in [4.78, 5) is 41.0. The van der Waals surface area contributed by atoms with Gasteiger partial charge in [0.15, 0.2) is 0 Å². The summed E-state index contributed by atoms with van der Waals surface area (Å²) in [7, 11) is 0. The van der Waals surface area contributed by atoms with Crippen LogP contribution in [-0.4, -0.2) is 68.6 Å². The first-order valence-electron chi connectivity index (χ1n) is 15.9. The number of aromatic nitrogens is 3. The number of benzene rings is 2. The Labute approximate surface area is 259 Å². The smallest absolute Gasteiger partial charge is 0.317 e. The number of fused-ring (bicyclic) bond motifs is 1. The van der Waals surface area contributed by atoms with Gasteiger partial charge >= 0.3 is 6.03 Å². The molecule has 2 saturated heterocycles. The Morgan fingerprint density at radius 3 is 2.34 bits per heavy atom. The first kappa shape index (κ1) is 29.8. The standard InChI is InChI=1S/C35H43N7O2/c1-24(2)37-35(44)41-19-15-29(16-20-41)42-32-27(21-31(33(42)43)30-12-8-7-9-25(30)3)22-36-34(39-32)38-28-13-17-40(18-14-28)23-26-10-5-4-6-11-26/h4-12,21-22,24,28-29H,13-20,23H2,1-3H3,(H,37,44)(H,36,38,39). The molecular formula is C35H43N7O2. The highest BCUT2D eigenvalue weighted by molar-refractivity contribution is 5.82. The van der Waals surface area contributed by atoms with Gasteiger partial charge in [-0.1, -0.05) is 54.6 Å². The molecule has 0 spiro atoms. The van der Waals surface area contributed by atoms with Crippen molar-refractivity contribution < 1.29 is 4.79 Å². The molecule has 2 amide bonds. The van der Waals surface area contributed by atoms with E-state index in [1.165, 1.54) is 5.56 Å². The highest BCUT2D eigenvalue weighted by atomic mass is 16.2. The highest BCUT2D eigenvalue weighted by Crippen LogP contribution is 2.29. The number of anilines is 1. The first-order chi connectivity index (χ1) is 21.4. The van der Waals surface area contributed by atoms with E-state index in [1.807, 2.05) is 66.8 Å². The molecule has 6 rings (SSSR count). The van der Waals surface area contributed by atoms with Crippen molar-refractivity contribution in [1.82, 2.24) is 29.7 Å². The van der Waals surface area contributed by atoms with Crippen LogP contribution in [0, 0.1) is 6.92 Å². The van der Waals surface area contributed by atoms with Gasteiger partial charge in [-0.2, -0.15) is 4.98 Å². The molecular weight excluding hydrogens is 550 g/mol. The van der Waals surface area contributed by atoms with E-state index >= 15 is 0 Å². The largest absolute Gasteiger partial charge is 0.351 e. The fraction of sp³-hybridized carbons (Fsp3) is 0.429. The molecule has 2 N–H and O–H groups in total. The molecule has 0 atom stereocenters. The lowest BCUT2D eigenvalue weighted by molar-refractivity contribution is 0.169. The number of carbonyl (C=O) groups is 1. The highest BCUT2D eigenvalue weighted by Gasteiger charge is 2.28. The number of nitrogens with zero attached hydrogens (tertiary/aromatic N) is 5. The number of amides is 2. The zero-order valence-corrected chi connectivity index (χ0v) is 26.0. The fourth-order valence-electron chi connectivity index (χ4n) is 6.52. The molecule has 4 heterocycles. The van der Waals surface area contributed by atoms with E-state index in [2.05, 4.69) is 45.9 Å². The van der Waals surface area contributed by atoms with E-state index in [1.54, 1.807) is 0 Å². The second-order valence-electron chi connectivity index (χ2n) is 12.5. The molecule has 230 valence electrons. The van der Waals surface area contributed by atoms with Crippen LogP contribution in [0.4, 0.5) is 10.7 Å². The topological polar surface area (TPSA) is 95.4 Å². The third-order valence-electron chi connectivity index (χ3n) is 8.91. The minimum atomic E-state index is -0.0685. The normalized spacial score (nSPS) is 16.9. The van der Waals surface area contributed by atoms with E-state index < -0.39 is 0 Å². The molecule has 2 fully saturated rings. The minimum Gasteiger partial charge on any atom is -0.351 e. The number of hydrogen-bond acceptors (Lipinski definition) is 6. The molecule has 9 nitrogen and oxygen atoms in total. The number of piperidine rings is 2.